The van der Waals surface area contributed by atoms with Gasteiger partial charge in [0.15, 0.2) is 24.9 Å². The van der Waals surface area contributed by atoms with Crippen molar-refractivity contribution in [3.05, 3.63) is 22.7 Å². The Morgan fingerprint density at radius 3 is 2.04 bits per heavy atom. The van der Waals surface area contributed by atoms with Crippen molar-refractivity contribution in [2.75, 3.05) is 25.5 Å². The van der Waals surface area contributed by atoms with E-state index in [1.54, 1.807) is 0 Å². The Labute approximate surface area is 300 Å². The van der Waals surface area contributed by atoms with Crippen LogP contribution in [0.2, 0.25) is 0 Å². The number of nitrogens with two attached hydrogens (primary N) is 1. The molecule has 0 bridgehead atoms. The van der Waals surface area contributed by atoms with Crippen molar-refractivity contribution >= 4 is 13.6 Å². The van der Waals surface area contributed by atoms with Gasteiger partial charge in [0.2, 0.25) is 0 Å². The molecule has 4 heterocycles. The Hall–Kier alpha value is -1.89. The summed E-state index contributed by atoms with van der Waals surface area (Å²) in [4.78, 5) is 28.6. The molecule has 1 aromatic rings. The minimum absolute atomic E-state index is 0.106. The van der Waals surface area contributed by atoms with Crippen LogP contribution in [-0.2, 0) is 37.3 Å². The van der Waals surface area contributed by atoms with Gasteiger partial charge in [-0.25, -0.2) is 4.79 Å². The van der Waals surface area contributed by atoms with Gasteiger partial charge in [0, 0.05) is 6.20 Å². The van der Waals surface area contributed by atoms with Crippen molar-refractivity contribution in [1.29, 1.82) is 0 Å². The summed E-state index contributed by atoms with van der Waals surface area (Å²) in [5.41, 5.74) is 19.9. The molecular weight excluding hydrogens is 741 g/mol. The van der Waals surface area contributed by atoms with Crippen molar-refractivity contribution in [2.24, 2.45) is 0 Å². The first-order chi connectivity index (χ1) is 24.9. The molecule has 5 rings (SSSR count). The molecule has 1 aliphatic carbocycles. The highest BCUT2D eigenvalue weighted by Crippen LogP contribution is 2.44. The molecule has 26 heteroatoms. The van der Waals surface area contributed by atoms with Crippen LogP contribution in [0, 0.1) is 0 Å². The molecule has 1 unspecified atom stereocenters. The number of aliphatic hydroxyl groups excluding tert-OH is 8. The first kappa shape index (κ1) is 42.3. The second-order valence-corrected chi connectivity index (χ2v) is 14.9. The molecule has 25 nitrogen and oxygen atoms in total. The maximum Gasteiger partial charge on any atom is 0.351 e. The molecular formula is C27H51N7O18P+3. The normalized spacial score (nSPS) is 46.2. The number of phosphoric ester groups is 1. The molecule has 0 amide bonds. The Kier molecular flexibility index (Phi) is 13.6. The lowest BCUT2D eigenvalue weighted by molar-refractivity contribution is -0.525. The summed E-state index contributed by atoms with van der Waals surface area (Å²) >= 11 is 0. The number of nitrogens with zero attached hydrogens (tertiary/aromatic N) is 2. The van der Waals surface area contributed by atoms with Crippen LogP contribution in [0.4, 0.5) is 5.82 Å². The average Bonchev–Trinajstić information content (AvgIpc) is 3.38. The van der Waals surface area contributed by atoms with Gasteiger partial charge in [-0.1, -0.05) is 0 Å². The SMILES string of the molecule is Nc1ccn([C@@H]2O[C@H](COP(=O)([O-])O[C@H]3[C@H](O)[C@@H](O)[C@@H](O[C@H]4[C@H](O)[C@@H](O[C@H]5O[C@H](CO)[C@@H](O)[C@H]([NH3+])[C@H]5O)[C@H]([NH3+])C[C@@H]4[NH3+])O[C@@H]3C[NH3+])[C@@H](O)[C@H]2O)c(=O)n1. The molecule has 53 heavy (non-hydrogen) atoms. The number of aliphatic hydroxyl groups is 8. The molecule has 3 aliphatic heterocycles. The van der Waals surface area contributed by atoms with E-state index in [4.69, 9.17) is 38.5 Å². The van der Waals surface area contributed by atoms with Crippen molar-refractivity contribution in [3.63, 3.8) is 0 Å². The van der Waals surface area contributed by atoms with Gasteiger partial charge in [-0.3, -0.25) is 9.13 Å². The van der Waals surface area contributed by atoms with E-state index in [1.807, 2.05) is 0 Å². The van der Waals surface area contributed by atoms with E-state index in [9.17, 15) is 55.1 Å². The van der Waals surface area contributed by atoms with E-state index in [0.717, 1.165) is 10.8 Å². The van der Waals surface area contributed by atoms with Gasteiger partial charge in [0.25, 0.3) is 7.82 Å². The lowest BCUT2D eigenvalue weighted by atomic mass is 9.84. The van der Waals surface area contributed by atoms with Crippen LogP contribution in [0.5, 0.6) is 0 Å². The zero-order valence-corrected chi connectivity index (χ0v) is 29.3. The predicted octanol–water partition coefficient (Wildman–Crippen LogP) is -12.2. The summed E-state index contributed by atoms with van der Waals surface area (Å²) < 4.78 is 52.2. The van der Waals surface area contributed by atoms with E-state index < -0.39 is 143 Å². The van der Waals surface area contributed by atoms with Crippen molar-refractivity contribution < 1.29 is 106 Å². The fraction of sp³-hybridized carbons (Fsp3) is 0.852. The standard InChI is InChI=1S/C27H48N7O18P/c28-4-9-23(52-53(44,45)46-6-11-15(37)18(40)24(47-11)34-2-1-12(31)33-27(34)43)17(39)19(41)26(48-9)51-22-8(30)3-7(29)21(20(22)42)50-25-16(38)13(32)14(36)10(5-35)49-25/h1-2,7-11,13-26,35-42H,3-6,28-30,32H2,(H,44,45)(H2,31,33,43)/p+3/t7-,8+,9-,10-,11-,13+,14-,15-,16-,17-,18-,19-,20-,21+,22-,23-,24-,25-,26-/m1/s1. The van der Waals surface area contributed by atoms with E-state index in [-0.39, 0.29) is 18.8 Å². The molecule has 1 aromatic heterocycles. The number of ether oxygens (including phenoxy) is 5. The van der Waals surface area contributed by atoms with E-state index in [2.05, 4.69) is 27.9 Å². The maximum absolute atomic E-state index is 12.9. The van der Waals surface area contributed by atoms with Gasteiger partial charge < -0.3 is 107 Å². The van der Waals surface area contributed by atoms with Crippen LogP contribution in [0.3, 0.4) is 0 Å². The number of rotatable bonds is 12. The second kappa shape index (κ2) is 17.1. The van der Waals surface area contributed by atoms with Crippen LogP contribution in [0.25, 0.3) is 0 Å². The number of quaternary nitrogens is 4. The van der Waals surface area contributed by atoms with Gasteiger partial charge in [0.1, 0.15) is 104 Å². The molecule has 3 saturated heterocycles. The highest BCUT2D eigenvalue weighted by molar-refractivity contribution is 7.45. The average molecular weight is 793 g/mol. The third-order valence-electron chi connectivity index (χ3n) is 9.85. The second-order valence-electron chi connectivity index (χ2n) is 13.5. The Balaban J connectivity index is 1.20. The molecule has 0 radical (unpaired) electrons. The summed E-state index contributed by atoms with van der Waals surface area (Å²) in [6.07, 6.45) is -23.0. The molecule has 4 aliphatic rings. The minimum Gasteiger partial charge on any atom is -0.756 e. The molecule has 0 aromatic carbocycles. The third kappa shape index (κ3) is 8.91. The van der Waals surface area contributed by atoms with Gasteiger partial charge in [-0.2, -0.15) is 4.98 Å². The molecule has 304 valence electrons. The zero-order chi connectivity index (χ0) is 39.1. The van der Waals surface area contributed by atoms with Crippen molar-refractivity contribution in [2.45, 2.75) is 123 Å². The van der Waals surface area contributed by atoms with Crippen LogP contribution in [0.1, 0.15) is 12.6 Å². The Bertz CT molecular complexity index is 1480. The van der Waals surface area contributed by atoms with Gasteiger partial charge in [-0.05, 0) is 6.07 Å². The summed E-state index contributed by atoms with van der Waals surface area (Å²) in [5, 5.41) is 84.6. The van der Waals surface area contributed by atoms with Crippen molar-refractivity contribution in [1.82, 2.24) is 9.55 Å². The zero-order valence-electron chi connectivity index (χ0n) is 28.4. The maximum atomic E-state index is 12.9. The van der Waals surface area contributed by atoms with Gasteiger partial charge in [0.05, 0.1) is 19.6 Å². The van der Waals surface area contributed by atoms with E-state index in [0.29, 0.717) is 0 Å². The number of phosphoric acid groups is 1. The summed E-state index contributed by atoms with van der Waals surface area (Å²) in [6, 6.07) is -1.08. The number of aromatic nitrogens is 2. The molecule has 22 N–H and O–H groups in total. The van der Waals surface area contributed by atoms with Crippen LogP contribution < -0.4 is 39.3 Å². The highest BCUT2D eigenvalue weighted by atomic mass is 31.2. The molecule has 0 spiro atoms. The monoisotopic (exact) mass is 792 g/mol. The summed E-state index contributed by atoms with van der Waals surface area (Å²) in [7, 11) is -5.39. The van der Waals surface area contributed by atoms with Gasteiger partial charge in [-0.15, -0.1) is 0 Å². The topological polar surface area (TPSA) is 438 Å². The first-order valence-electron chi connectivity index (χ1n) is 16.8. The Morgan fingerprint density at radius 2 is 1.45 bits per heavy atom. The molecule has 1 saturated carbocycles. The van der Waals surface area contributed by atoms with Crippen LogP contribution in [-0.4, -0.2) is 180 Å². The minimum atomic E-state index is -5.39. The highest BCUT2D eigenvalue weighted by Gasteiger charge is 2.55. The van der Waals surface area contributed by atoms with Gasteiger partial charge >= 0.3 is 5.69 Å². The van der Waals surface area contributed by atoms with Crippen molar-refractivity contribution in [3.8, 4) is 0 Å². The fourth-order valence-electron chi connectivity index (χ4n) is 6.81. The van der Waals surface area contributed by atoms with E-state index in [1.165, 1.54) is 6.07 Å². The van der Waals surface area contributed by atoms with E-state index >= 15 is 0 Å². The Morgan fingerprint density at radius 1 is 0.849 bits per heavy atom. The third-order valence-corrected chi connectivity index (χ3v) is 10.8. The number of hydrogen-bond donors (Lipinski definition) is 13. The number of anilines is 1. The predicted molar refractivity (Wildman–Crippen MR) is 164 cm³/mol. The number of nitrogen functional groups attached to an aromatic ring is 1. The largest absolute Gasteiger partial charge is 0.756 e. The lowest BCUT2D eigenvalue weighted by Gasteiger charge is -2.46. The quantitative estimate of drug-likeness (QED) is 0.0874. The fourth-order valence-corrected chi connectivity index (χ4v) is 7.76. The van der Waals surface area contributed by atoms with Crippen LogP contribution >= 0.6 is 7.82 Å². The number of hydrogen-bond acceptors (Lipinski definition) is 20. The smallest absolute Gasteiger partial charge is 0.351 e. The first-order valence-corrected chi connectivity index (χ1v) is 18.3. The molecule has 20 atom stereocenters. The lowest BCUT2D eigenvalue weighted by Crippen LogP contribution is -2.83. The van der Waals surface area contributed by atoms with Crippen LogP contribution in [0.15, 0.2) is 17.1 Å². The summed E-state index contributed by atoms with van der Waals surface area (Å²) in [5.74, 6) is -0.106. The molecule has 4 fully saturated rings. The summed E-state index contributed by atoms with van der Waals surface area (Å²) in [6.45, 7) is -1.74.